The van der Waals surface area contributed by atoms with Gasteiger partial charge in [-0.2, -0.15) is 5.10 Å². The van der Waals surface area contributed by atoms with Crippen LogP contribution in [0.15, 0.2) is 46.6 Å². The van der Waals surface area contributed by atoms with E-state index in [2.05, 4.69) is 32.3 Å². The Morgan fingerprint density at radius 2 is 2.10 bits per heavy atom. The molecule has 4 rings (SSSR count). The van der Waals surface area contributed by atoms with Gasteiger partial charge >= 0.3 is 0 Å². The molecule has 0 aliphatic carbocycles. The van der Waals surface area contributed by atoms with Gasteiger partial charge in [0.05, 0.1) is 42.0 Å². The molecule has 9 nitrogen and oxygen atoms in total. The van der Waals surface area contributed by atoms with Crippen LogP contribution in [-0.2, 0) is 13.0 Å². The lowest BCUT2D eigenvalue weighted by Gasteiger charge is -2.35. The van der Waals surface area contributed by atoms with E-state index >= 15 is 0 Å². The van der Waals surface area contributed by atoms with Crippen LogP contribution in [0.2, 0.25) is 0 Å². The summed E-state index contributed by atoms with van der Waals surface area (Å²) in [6.07, 6.45) is 5.95. The van der Waals surface area contributed by atoms with E-state index in [1.54, 1.807) is 25.6 Å². The zero-order valence-electron chi connectivity index (χ0n) is 17.8. The van der Waals surface area contributed by atoms with E-state index in [4.69, 9.17) is 0 Å². The third-order valence-corrected chi connectivity index (χ3v) is 5.37. The van der Waals surface area contributed by atoms with Crippen LogP contribution in [0.5, 0.6) is 0 Å². The number of nitrogens with one attached hydrogen (secondary N) is 2. The van der Waals surface area contributed by atoms with Crippen molar-refractivity contribution in [2.24, 2.45) is 5.10 Å². The highest BCUT2D eigenvalue weighted by Crippen LogP contribution is 2.20. The number of nitrogens with zero attached hydrogens (tertiary/aromatic N) is 5. The van der Waals surface area contributed by atoms with Crippen molar-refractivity contribution in [1.29, 1.82) is 0 Å². The summed E-state index contributed by atoms with van der Waals surface area (Å²) in [5.74, 6) is -0.214. The van der Waals surface area contributed by atoms with E-state index in [9.17, 15) is 9.59 Å². The number of hydrogen-bond acceptors (Lipinski definition) is 7. The number of aromatic nitrogens is 3. The fourth-order valence-electron chi connectivity index (χ4n) is 3.64. The molecule has 4 heterocycles. The minimum Gasteiger partial charge on any atom is -0.354 e. The van der Waals surface area contributed by atoms with Crippen LogP contribution < -0.4 is 15.8 Å². The molecule has 0 radical (unpaired) electrons. The summed E-state index contributed by atoms with van der Waals surface area (Å²) in [6, 6.07) is 7.53. The van der Waals surface area contributed by atoms with Crippen molar-refractivity contribution in [3.63, 3.8) is 0 Å². The van der Waals surface area contributed by atoms with Gasteiger partial charge in [-0.1, -0.05) is 6.92 Å². The van der Waals surface area contributed by atoms with Crippen molar-refractivity contribution in [3.8, 4) is 0 Å². The molecule has 0 saturated heterocycles. The maximum atomic E-state index is 12.1. The molecule has 2 N–H and O–H groups in total. The van der Waals surface area contributed by atoms with Crippen LogP contribution in [0.1, 0.15) is 35.5 Å². The second-order valence-electron chi connectivity index (χ2n) is 7.57. The zero-order valence-corrected chi connectivity index (χ0v) is 17.8. The van der Waals surface area contributed by atoms with Gasteiger partial charge in [-0.15, -0.1) is 0 Å². The molecule has 31 heavy (non-hydrogen) atoms. The predicted octanol–water partition coefficient (Wildman–Crippen LogP) is 1.89. The van der Waals surface area contributed by atoms with E-state index in [1.165, 1.54) is 0 Å². The summed E-state index contributed by atoms with van der Waals surface area (Å²) in [4.78, 5) is 37.5. The Morgan fingerprint density at radius 3 is 2.77 bits per heavy atom. The van der Waals surface area contributed by atoms with Crippen LogP contribution in [-0.4, -0.2) is 51.8 Å². The molecule has 1 aliphatic heterocycles. The van der Waals surface area contributed by atoms with Crippen molar-refractivity contribution in [3.05, 3.63) is 63.8 Å². The summed E-state index contributed by atoms with van der Waals surface area (Å²) in [6.45, 7) is 5.35. The minimum atomic E-state index is -0.214. The smallest absolute Gasteiger partial charge is 0.269 e. The highest BCUT2D eigenvalue weighted by molar-refractivity contribution is 5.92. The van der Waals surface area contributed by atoms with Gasteiger partial charge in [0.15, 0.2) is 0 Å². The molecule has 160 valence electrons. The van der Waals surface area contributed by atoms with Gasteiger partial charge in [-0.3, -0.25) is 19.6 Å². The minimum absolute atomic E-state index is 0.0646. The number of hydrazone groups is 1. The molecule has 0 fully saturated rings. The number of aryl methyl sites for hydroxylation is 1. The normalized spacial score (nSPS) is 16.0. The number of carbonyl (C=O) groups is 1. The molecule has 9 heteroatoms. The molecule has 1 amide bonds. The van der Waals surface area contributed by atoms with Crippen molar-refractivity contribution < 1.29 is 4.79 Å². The van der Waals surface area contributed by atoms with Crippen LogP contribution in [0.4, 0.5) is 5.69 Å². The Labute approximate surface area is 179 Å². The summed E-state index contributed by atoms with van der Waals surface area (Å²) < 4.78 is 0. The highest BCUT2D eigenvalue weighted by atomic mass is 16.1. The average Bonchev–Trinajstić information content (AvgIpc) is 2.78. The van der Waals surface area contributed by atoms with E-state index in [1.807, 2.05) is 41.2 Å². The lowest BCUT2D eigenvalue weighted by atomic mass is 10.1. The van der Waals surface area contributed by atoms with Gasteiger partial charge in [0.1, 0.15) is 12.0 Å². The summed E-state index contributed by atoms with van der Waals surface area (Å²) in [7, 11) is 1.58. The summed E-state index contributed by atoms with van der Waals surface area (Å²) >= 11 is 0. The van der Waals surface area contributed by atoms with Crippen molar-refractivity contribution in [1.82, 2.24) is 25.3 Å². The standard InChI is InChI=1S/C22H25N7O2/c1-4-16-8-19-20(27-21(16)30)7-15(9-24-19)12-28-11-14(2)29(13-26-28)17-5-6-18(25-10-17)22(31)23-3/h5-10,13-14H,4,11-12H2,1-3H3,(H,23,31)(H,27,30). The Balaban J connectivity index is 1.49. The molecule has 1 unspecified atom stereocenters. The molecular formula is C22H25N7O2. The summed E-state index contributed by atoms with van der Waals surface area (Å²) in [5.41, 5.74) is 4.42. The molecule has 0 saturated carbocycles. The largest absolute Gasteiger partial charge is 0.354 e. The Morgan fingerprint density at radius 1 is 1.26 bits per heavy atom. The van der Waals surface area contributed by atoms with Crippen LogP contribution in [0.25, 0.3) is 11.0 Å². The average molecular weight is 419 g/mol. The first-order chi connectivity index (χ1) is 15.0. The number of rotatable bonds is 5. The third kappa shape index (κ3) is 4.25. The number of H-pyrrole nitrogens is 1. The molecule has 3 aromatic rings. The number of amides is 1. The first-order valence-electron chi connectivity index (χ1n) is 10.2. The number of carbonyl (C=O) groups excluding carboxylic acids is 1. The summed E-state index contributed by atoms with van der Waals surface area (Å²) in [5, 5.41) is 9.09. The van der Waals surface area contributed by atoms with E-state index < -0.39 is 0 Å². The molecule has 1 aliphatic rings. The molecule has 1 atom stereocenters. The van der Waals surface area contributed by atoms with Crippen molar-refractivity contribution >= 4 is 29.0 Å². The number of aromatic amines is 1. The molecule has 0 spiro atoms. The first-order valence-corrected chi connectivity index (χ1v) is 10.2. The monoisotopic (exact) mass is 419 g/mol. The molecule has 0 aromatic carbocycles. The van der Waals surface area contributed by atoms with Crippen molar-refractivity contribution in [2.45, 2.75) is 32.9 Å². The van der Waals surface area contributed by atoms with Crippen LogP contribution in [0.3, 0.4) is 0 Å². The van der Waals surface area contributed by atoms with Gasteiger partial charge in [0.25, 0.3) is 11.5 Å². The number of hydrogen-bond donors (Lipinski definition) is 2. The van der Waals surface area contributed by atoms with Crippen molar-refractivity contribution in [2.75, 3.05) is 18.5 Å². The fraction of sp³-hybridized carbons (Fsp3) is 0.318. The van der Waals surface area contributed by atoms with E-state index in [0.29, 0.717) is 25.2 Å². The van der Waals surface area contributed by atoms with Gasteiger partial charge in [-0.05, 0) is 43.2 Å². The van der Waals surface area contributed by atoms with Gasteiger partial charge in [0.2, 0.25) is 0 Å². The second kappa shape index (κ2) is 8.55. The zero-order chi connectivity index (χ0) is 22.0. The lowest BCUT2D eigenvalue weighted by Crippen LogP contribution is -2.44. The number of fused-ring (bicyclic) bond motifs is 1. The Bertz CT molecular complexity index is 1190. The van der Waals surface area contributed by atoms with E-state index in [-0.39, 0.29) is 17.5 Å². The highest BCUT2D eigenvalue weighted by Gasteiger charge is 2.21. The topological polar surface area (TPSA) is 107 Å². The molecular weight excluding hydrogens is 394 g/mol. The van der Waals surface area contributed by atoms with Crippen LogP contribution in [0, 0.1) is 0 Å². The van der Waals surface area contributed by atoms with Gasteiger partial charge in [0, 0.05) is 18.8 Å². The van der Waals surface area contributed by atoms with Gasteiger partial charge in [-0.25, -0.2) is 4.98 Å². The maximum Gasteiger partial charge on any atom is 0.269 e. The Kier molecular flexibility index (Phi) is 5.66. The fourth-order valence-corrected chi connectivity index (χ4v) is 3.64. The predicted molar refractivity (Wildman–Crippen MR) is 120 cm³/mol. The Hall–Kier alpha value is -3.75. The molecule has 0 bridgehead atoms. The third-order valence-electron chi connectivity index (χ3n) is 5.37. The van der Waals surface area contributed by atoms with Gasteiger partial charge < -0.3 is 15.2 Å². The van der Waals surface area contributed by atoms with Crippen LogP contribution >= 0.6 is 0 Å². The molecule has 3 aromatic heterocycles. The number of pyridine rings is 3. The maximum absolute atomic E-state index is 12.1. The quantitative estimate of drug-likeness (QED) is 0.654. The number of anilines is 1. The lowest BCUT2D eigenvalue weighted by molar-refractivity contribution is 0.0958. The first kappa shape index (κ1) is 20.5. The second-order valence-corrected chi connectivity index (χ2v) is 7.57. The van der Waals surface area contributed by atoms with E-state index in [0.717, 1.165) is 27.8 Å². The SMILES string of the molecule is CCc1cc2ncc(CN3CC(C)N(c4ccc(C(=O)NC)nc4)C=N3)cc2[nH]c1=O.